The van der Waals surface area contributed by atoms with E-state index >= 15 is 0 Å². The Balaban J connectivity index is 1.80. The Morgan fingerprint density at radius 3 is 2.12 bits per heavy atom. The third-order valence-electron chi connectivity index (χ3n) is 6.10. The van der Waals surface area contributed by atoms with E-state index in [4.69, 9.17) is 18.9 Å². The summed E-state index contributed by atoms with van der Waals surface area (Å²) in [7, 11) is 0. The lowest BCUT2D eigenvalue weighted by atomic mass is 9.97. The van der Waals surface area contributed by atoms with Crippen LogP contribution in [0, 0.1) is 0 Å². The van der Waals surface area contributed by atoms with Gasteiger partial charge in [0.1, 0.15) is 37.4 Å². The van der Waals surface area contributed by atoms with E-state index in [1.165, 1.54) is 25.7 Å². The van der Waals surface area contributed by atoms with Gasteiger partial charge in [-0.25, -0.2) is 0 Å². The van der Waals surface area contributed by atoms with Crippen LogP contribution in [0.25, 0.3) is 0 Å². The molecule has 2 rings (SSSR count). The number of ether oxygens (including phenoxy) is 4. The van der Waals surface area contributed by atoms with Crippen molar-refractivity contribution in [1.29, 1.82) is 0 Å². The van der Waals surface area contributed by atoms with E-state index in [0.29, 0.717) is 6.42 Å². The standard InChI is InChI=1S/C22H40N2O9/c1-2-3-4-5-6-7-8-9-17(28)23-10-16-18-19(32-14-30-16)20(33-15-31-18)21(29)24-22(11-25,12-26)13-27/h16,18-20,25-27H,2-15H2,1H3,(H,23,28)(H,24,29)/t16-,18-,19+,20-/m1/s1. The van der Waals surface area contributed by atoms with Crippen molar-refractivity contribution in [3.8, 4) is 0 Å². The molecule has 0 aromatic carbocycles. The molecule has 2 heterocycles. The summed E-state index contributed by atoms with van der Waals surface area (Å²) >= 11 is 0. The third kappa shape index (κ3) is 8.43. The fourth-order valence-corrected chi connectivity index (χ4v) is 3.90. The molecule has 0 aromatic heterocycles. The molecule has 2 saturated heterocycles. The number of nitrogens with one attached hydrogen (secondary N) is 2. The Labute approximate surface area is 195 Å². The maximum atomic E-state index is 12.7. The highest BCUT2D eigenvalue weighted by molar-refractivity contribution is 5.82. The number of hydrogen-bond acceptors (Lipinski definition) is 9. The minimum atomic E-state index is -1.58. The van der Waals surface area contributed by atoms with Crippen molar-refractivity contribution in [2.45, 2.75) is 88.2 Å². The summed E-state index contributed by atoms with van der Waals surface area (Å²) in [6.07, 6.45) is 5.30. The van der Waals surface area contributed by atoms with Gasteiger partial charge < -0.3 is 44.9 Å². The summed E-state index contributed by atoms with van der Waals surface area (Å²) in [4.78, 5) is 24.9. The van der Waals surface area contributed by atoms with Crippen molar-refractivity contribution in [2.75, 3.05) is 40.0 Å². The van der Waals surface area contributed by atoms with E-state index in [1.54, 1.807) is 0 Å². The van der Waals surface area contributed by atoms with Gasteiger partial charge in [0.25, 0.3) is 5.91 Å². The summed E-state index contributed by atoms with van der Waals surface area (Å²) < 4.78 is 22.2. The molecule has 192 valence electrons. The zero-order chi connectivity index (χ0) is 24.1. The molecule has 5 N–H and O–H groups in total. The molecule has 2 aliphatic rings. The van der Waals surface area contributed by atoms with Crippen molar-refractivity contribution in [1.82, 2.24) is 10.6 Å². The molecule has 2 aliphatic heterocycles. The van der Waals surface area contributed by atoms with Crippen molar-refractivity contribution >= 4 is 11.8 Å². The van der Waals surface area contributed by atoms with Gasteiger partial charge in [-0.15, -0.1) is 0 Å². The molecule has 0 saturated carbocycles. The second-order valence-electron chi connectivity index (χ2n) is 8.71. The van der Waals surface area contributed by atoms with E-state index in [2.05, 4.69) is 17.6 Å². The van der Waals surface area contributed by atoms with Gasteiger partial charge in [0, 0.05) is 13.0 Å². The number of aliphatic hydroxyl groups is 3. The minimum absolute atomic E-state index is 0.0600. The fraction of sp³-hybridized carbons (Fsp3) is 0.909. The van der Waals surface area contributed by atoms with Crippen molar-refractivity contribution < 1.29 is 43.9 Å². The molecule has 0 unspecified atom stereocenters. The number of unbranched alkanes of at least 4 members (excludes halogenated alkanes) is 6. The van der Waals surface area contributed by atoms with E-state index in [-0.39, 0.29) is 26.0 Å². The highest BCUT2D eigenvalue weighted by Crippen LogP contribution is 2.26. The smallest absolute Gasteiger partial charge is 0.252 e. The summed E-state index contributed by atoms with van der Waals surface area (Å²) in [5.74, 6) is -0.718. The largest absolute Gasteiger partial charge is 0.394 e. The number of carbonyl (C=O) groups excluding carboxylic acids is 2. The van der Waals surface area contributed by atoms with Gasteiger partial charge in [-0.2, -0.15) is 0 Å². The first kappa shape index (κ1) is 27.9. The number of hydrogen-bond donors (Lipinski definition) is 5. The van der Waals surface area contributed by atoms with E-state index in [9.17, 15) is 24.9 Å². The van der Waals surface area contributed by atoms with Gasteiger partial charge in [0.2, 0.25) is 5.91 Å². The molecular weight excluding hydrogens is 436 g/mol. The molecular formula is C22H40N2O9. The number of fused-ring (bicyclic) bond motifs is 1. The molecule has 0 aromatic rings. The lowest BCUT2D eigenvalue weighted by molar-refractivity contribution is -0.315. The van der Waals surface area contributed by atoms with Gasteiger partial charge >= 0.3 is 0 Å². The highest BCUT2D eigenvalue weighted by Gasteiger charge is 2.48. The number of aliphatic hydroxyl groups excluding tert-OH is 3. The van der Waals surface area contributed by atoms with Gasteiger partial charge in [-0.1, -0.05) is 45.4 Å². The first-order chi connectivity index (χ1) is 16.0. The predicted octanol–water partition coefficient (Wildman–Crippen LogP) is -0.442. The predicted molar refractivity (Wildman–Crippen MR) is 117 cm³/mol. The molecule has 4 atom stereocenters. The lowest BCUT2D eigenvalue weighted by Crippen LogP contribution is -2.66. The highest BCUT2D eigenvalue weighted by atomic mass is 16.8. The Bertz CT molecular complexity index is 580. The molecule has 11 heteroatoms. The average molecular weight is 477 g/mol. The second kappa shape index (κ2) is 14.8. The molecule has 2 fully saturated rings. The summed E-state index contributed by atoms with van der Waals surface area (Å²) in [6, 6.07) is 0. The van der Waals surface area contributed by atoms with Crippen LogP contribution in [0.2, 0.25) is 0 Å². The van der Waals surface area contributed by atoms with Crippen LogP contribution in [0.4, 0.5) is 0 Å². The second-order valence-corrected chi connectivity index (χ2v) is 8.71. The Kier molecular flexibility index (Phi) is 12.5. The zero-order valence-electron chi connectivity index (χ0n) is 19.5. The third-order valence-corrected chi connectivity index (χ3v) is 6.10. The van der Waals surface area contributed by atoms with Crippen LogP contribution < -0.4 is 10.6 Å². The van der Waals surface area contributed by atoms with Crippen molar-refractivity contribution in [3.05, 3.63) is 0 Å². The van der Waals surface area contributed by atoms with Gasteiger partial charge in [0.15, 0.2) is 6.10 Å². The number of rotatable bonds is 15. The van der Waals surface area contributed by atoms with E-state index < -0.39 is 55.7 Å². The molecule has 2 amide bonds. The Morgan fingerprint density at radius 2 is 1.45 bits per heavy atom. The van der Waals surface area contributed by atoms with Crippen LogP contribution in [0.3, 0.4) is 0 Å². The van der Waals surface area contributed by atoms with Crippen LogP contribution in [-0.4, -0.2) is 97.0 Å². The quantitative estimate of drug-likeness (QED) is 0.198. The zero-order valence-corrected chi connectivity index (χ0v) is 19.5. The van der Waals surface area contributed by atoms with Gasteiger partial charge in [-0.3, -0.25) is 9.59 Å². The topological polar surface area (TPSA) is 156 Å². The van der Waals surface area contributed by atoms with Crippen molar-refractivity contribution in [2.24, 2.45) is 0 Å². The van der Waals surface area contributed by atoms with Crippen LogP contribution in [0.15, 0.2) is 0 Å². The molecule has 0 aliphatic carbocycles. The molecule has 0 spiro atoms. The van der Waals surface area contributed by atoms with Gasteiger partial charge in [0.05, 0.1) is 19.8 Å². The number of carbonyl (C=O) groups is 2. The van der Waals surface area contributed by atoms with Crippen LogP contribution in [-0.2, 0) is 28.5 Å². The van der Waals surface area contributed by atoms with Crippen molar-refractivity contribution in [3.63, 3.8) is 0 Å². The van der Waals surface area contributed by atoms with E-state index in [0.717, 1.165) is 19.3 Å². The molecule has 11 nitrogen and oxygen atoms in total. The summed E-state index contributed by atoms with van der Waals surface area (Å²) in [5.41, 5.74) is -1.58. The Hall–Kier alpha value is -1.34. The van der Waals surface area contributed by atoms with Gasteiger partial charge in [-0.05, 0) is 6.42 Å². The number of amides is 2. The monoisotopic (exact) mass is 476 g/mol. The Morgan fingerprint density at radius 1 is 0.848 bits per heavy atom. The molecule has 33 heavy (non-hydrogen) atoms. The minimum Gasteiger partial charge on any atom is -0.394 e. The first-order valence-corrected chi connectivity index (χ1v) is 11.9. The van der Waals surface area contributed by atoms with Crippen LogP contribution in [0.1, 0.15) is 58.3 Å². The normalized spacial score (nSPS) is 25.3. The first-order valence-electron chi connectivity index (χ1n) is 11.9. The molecule has 0 radical (unpaired) electrons. The van der Waals surface area contributed by atoms with Crippen LogP contribution in [0.5, 0.6) is 0 Å². The average Bonchev–Trinajstić information content (AvgIpc) is 2.85. The lowest BCUT2D eigenvalue weighted by Gasteiger charge is -2.44. The maximum Gasteiger partial charge on any atom is 0.252 e. The van der Waals surface area contributed by atoms with Crippen LogP contribution >= 0.6 is 0 Å². The summed E-state index contributed by atoms with van der Waals surface area (Å²) in [6.45, 7) is 0.133. The summed E-state index contributed by atoms with van der Waals surface area (Å²) in [5, 5.41) is 33.7. The molecule has 0 bridgehead atoms. The maximum absolute atomic E-state index is 12.7. The fourth-order valence-electron chi connectivity index (χ4n) is 3.90. The van der Waals surface area contributed by atoms with E-state index in [1.807, 2.05) is 0 Å². The SMILES string of the molecule is CCCCCCCCCC(=O)NC[C@H]1OCO[C@H]2[C@@H]1OCO[C@H]2C(=O)NC(CO)(CO)CO.